The molecule has 102 valence electrons. The fourth-order valence-corrected chi connectivity index (χ4v) is 1.62. The van der Waals surface area contributed by atoms with Gasteiger partial charge in [0.25, 0.3) is 0 Å². The van der Waals surface area contributed by atoms with Crippen molar-refractivity contribution in [3.63, 3.8) is 0 Å². The lowest BCUT2D eigenvalue weighted by Crippen LogP contribution is -2.34. The van der Waals surface area contributed by atoms with Crippen molar-refractivity contribution < 1.29 is 28.1 Å². The molecule has 1 aromatic rings. The van der Waals surface area contributed by atoms with Crippen molar-refractivity contribution >= 4 is 15.9 Å². The zero-order chi connectivity index (χ0) is 13.9. The molecule has 0 radical (unpaired) electrons. The maximum absolute atomic E-state index is 12.1. The Morgan fingerprint density at radius 2 is 1.94 bits per heavy atom. The minimum Gasteiger partial charge on any atom is -0.490 e. The van der Waals surface area contributed by atoms with E-state index in [0.717, 1.165) is 0 Å². The van der Waals surface area contributed by atoms with Crippen LogP contribution < -0.4 is 4.74 Å². The van der Waals surface area contributed by atoms with Gasteiger partial charge < -0.3 is 14.9 Å². The van der Waals surface area contributed by atoms with Crippen LogP contribution in [0.2, 0.25) is 0 Å². The summed E-state index contributed by atoms with van der Waals surface area (Å²) >= 11 is 3.18. The van der Waals surface area contributed by atoms with E-state index in [4.69, 9.17) is 9.84 Å². The fourth-order valence-electron chi connectivity index (χ4n) is 1.24. The van der Waals surface area contributed by atoms with Crippen LogP contribution in [0.3, 0.4) is 0 Å². The smallest absolute Gasteiger partial charge is 0.417 e. The van der Waals surface area contributed by atoms with Crippen LogP contribution in [0.15, 0.2) is 22.7 Å². The van der Waals surface area contributed by atoms with Gasteiger partial charge in [-0.25, -0.2) is 0 Å². The van der Waals surface area contributed by atoms with Crippen molar-refractivity contribution in [2.45, 2.75) is 25.3 Å². The molecule has 0 spiro atoms. The fraction of sp³-hybridized carbons (Fsp3) is 0.455. The van der Waals surface area contributed by atoms with Crippen molar-refractivity contribution in [3.8, 4) is 5.75 Å². The summed E-state index contributed by atoms with van der Waals surface area (Å²) in [5.74, 6) is 0.108. The zero-order valence-electron chi connectivity index (χ0n) is 9.41. The van der Waals surface area contributed by atoms with E-state index in [-0.39, 0.29) is 5.75 Å². The van der Waals surface area contributed by atoms with E-state index in [1.807, 2.05) is 0 Å². The van der Waals surface area contributed by atoms with Crippen LogP contribution in [0.25, 0.3) is 0 Å². The molecular formula is C11H12BrF3O3. The lowest BCUT2D eigenvalue weighted by molar-refractivity contribution is -0.210. The van der Waals surface area contributed by atoms with Gasteiger partial charge in [0, 0.05) is 10.0 Å². The van der Waals surface area contributed by atoms with Crippen LogP contribution in [0, 0.1) is 0 Å². The summed E-state index contributed by atoms with van der Waals surface area (Å²) in [5, 5.41) is 18.3. The summed E-state index contributed by atoms with van der Waals surface area (Å²) in [6.45, 7) is 0.555. The number of benzene rings is 1. The minimum absolute atomic E-state index is 0.108. The molecule has 0 amide bonds. The van der Waals surface area contributed by atoms with Gasteiger partial charge in [0.05, 0.1) is 6.10 Å². The summed E-state index contributed by atoms with van der Waals surface area (Å²) in [7, 11) is 0. The van der Waals surface area contributed by atoms with Crippen LogP contribution >= 0.6 is 15.9 Å². The van der Waals surface area contributed by atoms with Crippen molar-refractivity contribution in [2.75, 3.05) is 6.61 Å². The van der Waals surface area contributed by atoms with Crippen molar-refractivity contribution in [1.82, 2.24) is 0 Å². The van der Waals surface area contributed by atoms with E-state index in [1.165, 1.54) is 13.0 Å². The first kappa shape index (κ1) is 15.3. The lowest BCUT2D eigenvalue weighted by atomic mass is 10.1. The zero-order valence-corrected chi connectivity index (χ0v) is 11.0. The number of alkyl halides is 3. The number of hydrogen-bond acceptors (Lipinski definition) is 3. The first-order valence-corrected chi connectivity index (χ1v) is 5.86. The Morgan fingerprint density at radius 1 is 1.33 bits per heavy atom. The molecule has 0 aliphatic heterocycles. The highest BCUT2D eigenvalue weighted by molar-refractivity contribution is 9.10. The normalized spacial score (nSPS) is 15.3. The molecular weight excluding hydrogens is 317 g/mol. The van der Waals surface area contributed by atoms with Gasteiger partial charge in [0.1, 0.15) is 12.4 Å². The Bertz CT molecular complexity index is 407. The van der Waals surface area contributed by atoms with E-state index in [0.29, 0.717) is 10.0 Å². The van der Waals surface area contributed by atoms with Gasteiger partial charge in [0.2, 0.25) is 0 Å². The van der Waals surface area contributed by atoms with E-state index >= 15 is 0 Å². The number of aliphatic hydroxyl groups is 2. The van der Waals surface area contributed by atoms with Gasteiger partial charge in [-0.3, -0.25) is 0 Å². The predicted molar refractivity (Wildman–Crippen MR) is 62.3 cm³/mol. The summed E-state index contributed by atoms with van der Waals surface area (Å²) < 4.78 is 41.8. The molecule has 18 heavy (non-hydrogen) atoms. The molecule has 2 atom stereocenters. The van der Waals surface area contributed by atoms with Gasteiger partial charge in [-0.15, -0.1) is 0 Å². The van der Waals surface area contributed by atoms with Crippen molar-refractivity contribution in [2.24, 2.45) is 0 Å². The third-order valence-corrected chi connectivity index (χ3v) is 2.69. The predicted octanol–water partition coefficient (Wildman–Crippen LogP) is 2.80. The van der Waals surface area contributed by atoms with Gasteiger partial charge in [-0.1, -0.05) is 15.9 Å². The maximum Gasteiger partial charge on any atom is 0.417 e. The number of ether oxygens (including phenoxy) is 1. The number of aliphatic hydroxyl groups excluding tert-OH is 2. The average molecular weight is 329 g/mol. The van der Waals surface area contributed by atoms with E-state index in [9.17, 15) is 18.3 Å². The second-order valence-corrected chi connectivity index (χ2v) is 4.64. The lowest BCUT2D eigenvalue weighted by Gasteiger charge is -2.18. The molecule has 7 heteroatoms. The van der Waals surface area contributed by atoms with Crippen LogP contribution in [0.1, 0.15) is 18.6 Å². The maximum atomic E-state index is 12.1. The van der Waals surface area contributed by atoms with Crippen molar-refractivity contribution in [1.29, 1.82) is 0 Å². The number of hydrogen-bond donors (Lipinski definition) is 2. The molecule has 2 N–H and O–H groups in total. The number of halogens is 4. The summed E-state index contributed by atoms with van der Waals surface area (Å²) in [6.07, 6.45) is -8.16. The summed E-state index contributed by atoms with van der Waals surface area (Å²) in [4.78, 5) is 0. The molecule has 0 saturated heterocycles. The monoisotopic (exact) mass is 328 g/mol. The molecule has 0 aromatic heterocycles. The highest BCUT2D eigenvalue weighted by Crippen LogP contribution is 2.29. The number of rotatable bonds is 4. The average Bonchev–Trinajstić information content (AvgIpc) is 2.25. The Hall–Kier alpha value is -0.790. The molecule has 3 nitrogen and oxygen atoms in total. The molecule has 0 fully saturated rings. The quantitative estimate of drug-likeness (QED) is 0.893. The summed E-state index contributed by atoms with van der Waals surface area (Å²) in [6, 6.07) is 4.54. The van der Waals surface area contributed by atoms with Crippen LogP contribution in [0.4, 0.5) is 13.2 Å². The highest BCUT2D eigenvalue weighted by atomic mass is 79.9. The third kappa shape index (κ3) is 4.15. The van der Waals surface area contributed by atoms with Crippen molar-refractivity contribution in [3.05, 3.63) is 28.2 Å². The summed E-state index contributed by atoms with van der Waals surface area (Å²) in [5.41, 5.74) is 0.346. The first-order valence-electron chi connectivity index (χ1n) is 5.07. The van der Waals surface area contributed by atoms with Gasteiger partial charge in [-0.2, -0.15) is 13.2 Å². The Balaban J connectivity index is 2.79. The Morgan fingerprint density at radius 3 is 2.44 bits per heavy atom. The van der Waals surface area contributed by atoms with Gasteiger partial charge in [0.15, 0.2) is 6.10 Å². The van der Waals surface area contributed by atoms with E-state index < -0.39 is 25.0 Å². The highest BCUT2D eigenvalue weighted by Gasteiger charge is 2.38. The topological polar surface area (TPSA) is 49.7 Å². The second-order valence-electron chi connectivity index (χ2n) is 3.73. The Kier molecular flexibility index (Phi) is 5.01. The van der Waals surface area contributed by atoms with Gasteiger partial charge >= 0.3 is 6.18 Å². The molecule has 1 rings (SSSR count). The van der Waals surface area contributed by atoms with Gasteiger partial charge in [-0.05, 0) is 25.1 Å². The largest absolute Gasteiger partial charge is 0.490 e. The van der Waals surface area contributed by atoms with Crippen LogP contribution in [-0.2, 0) is 0 Å². The standard InChI is InChI=1S/C11H12BrF3O3/c1-6(16)8-4-7(12)2-3-9(8)18-5-10(17)11(13,14)15/h2-4,6,10,16-17H,5H2,1H3/t6-,10?/m0/s1. The molecule has 1 unspecified atom stereocenters. The minimum atomic E-state index is -4.72. The molecule has 0 saturated carbocycles. The van der Waals surface area contributed by atoms with E-state index in [1.54, 1.807) is 12.1 Å². The molecule has 0 aliphatic carbocycles. The molecule has 1 aromatic carbocycles. The Labute approximate surface area is 110 Å². The van der Waals surface area contributed by atoms with Crippen LogP contribution in [-0.4, -0.2) is 29.1 Å². The molecule has 0 aliphatic rings. The van der Waals surface area contributed by atoms with Crippen LogP contribution in [0.5, 0.6) is 5.75 Å². The SMILES string of the molecule is C[C@H](O)c1cc(Br)ccc1OCC(O)C(F)(F)F. The first-order chi connectivity index (χ1) is 8.21. The molecule has 0 heterocycles. The molecule has 0 bridgehead atoms. The third-order valence-electron chi connectivity index (χ3n) is 2.20. The second kappa shape index (κ2) is 5.90. The van der Waals surface area contributed by atoms with E-state index in [2.05, 4.69) is 15.9 Å².